The molecule has 0 aliphatic carbocycles. The molecule has 0 fully saturated rings. The quantitative estimate of drug-likeness (QED) is 0.812. The normalized spacial score (nSPS) is 10.3. The summed E-state index contributed by atoms with van der Waals surface area (Å²) in [6.07, 6.45) is 0. The van der Waals surface area contributed by atoms with Crippen LogP contribution < -0.4 is 10.5 Å². The van der Waals surface area contributed by atoms with Crippen LogP contribution in [0.3, 0.4) is 0 Å². The second-order valence-corrected chi connectivity index (χ2v) is 4.38. The number of hydrogen-bond acceptors (Lipinski definition) is 3. The summed E-state index contributed by atoms with van der Waals surface area (Å²) in [6.45, 7) is 6.39. The number of benzene rings is 1. The van der Waals surface area contributed by atoms with Gasteiger partial charge in [-0.05, 0) is 25.2 Å². The molecule has 1 aromatic carbocycles. The van der Waals surface area contributed by atoms with E-state index in [-0.39, 0.29) is 4.90 Å². The molecule has 0 saturated heterocycles. The van der Waals surface area contributed by atoms with E-state index in [0.29, 0.717) is 0 Å². The summed E-state index contributed by atoms with van der Waals surface area (Å²) in [4.78, 5) is 0.148. The van der Waals surface area contributed by atoms with Gasteiger partial charge in [0, 0.05) is 0 Å². The Balaban J connectivity index is 0.000000336. The van der Waals surface area contributed by atoms with Gasteiger partial charge in [-0.3, -0.25) is 0 Å². The van der Waals surface area contributed by atoms with E-state index < -0.39 is 10.0 Å². The second kappa shape index (κ2) is 7.39. The molecule has 0 spiro atoms. The molecule has 4 nitrogen and oxygen atoms in total. The molecule has 0 atom stereocenters. The molecule has 0 aliphatic heterocycles. The van der Waals surface area contributed by atoms with Gasteiger partial charge in [0.2, 0.25) is 10.0 Å². The average molecular weight is 230 g/mol. The third kappa shape index (κ3) is 7.07. The lowest BCUT2D eigenvalue weighted by atomic mass is 10.4. The molecule has 0 aromatic heterocycles. The Bertz CT molecular complexity index is 347. The van der Waals surface area contributed by atoms with Crippen molar-refractivity contribution < 1.29 is 8.42 Å². The van der Waals surface area contributed by atoms with Gasteiger partial charge >= 0.3 is 0 Å². The van der Waals surface area contributed by atoms with E-state index in [1.165, 1.54) is 12.1 Å². The summed E-state index contributed by atoms with van der Waals surface area (Å²) < 4.78 is 21.2. The van der Waals surface area contributed by atoms with Crippen LogP contribution in [0.15, 0.2) is 35.2 Å². The van der Waals surface area contributed by atoms with Crippen LogP contribution in [-0.4, -0.2) is 21.5 Å². The molecule has 5 heteroatoms. The maximum absolute atomic E-state index is 10.6. The van der Waals surface area contributed by atoms with Crippen molar-refractivity contribution in [3.8, 4) is 0 Å². The van der Waals surface area contributed by atoms with Gasteiger partial charge in [0.1, 0.15) is 0 Å². The van der Waals surface area contributed by atoms with E-state index in [9.17, 15) is 8.42 Å². The number of nitrogens with two attached hydrogens (primary N) is 1. The molecule has 0 aliphatic rings. The van der Waals surface area contributed by atoms with Crippen molar-refractivity contribution in [2.75, 3.05) is 13.1 Å². The van der Waals surface area contributed by atoms with Crippen LogP contribution in [0.4, 0.5) is 0 Å². The van der Waals surface area contributed by atoms with Crippen molar-refractivity contribution in [2.45, 2.75) is 18.7 Å². The van der Waals surface area contributed by atoms with Gasteiger partial charge in [0.05, 0.1) is 4.90 Å². The minimum absolute atomic E-state index is 0.148. The number of sulfonamides is 1. The molecule has 0 amide bonds. The number of primary sulfonamides is 1. The largest absolute Gasteiger partial charge is 0.317 e. The van der Waals surface area contributed by atoms with Gasteiger partial charge in [0.15, 0.2) is 0 Å². The Kier molecular flexibility index (Phi) is 6.94. The maximum atomic E-state index is 10.6. The van der Waals surface area contributed by atoms with E-state index in [2.05, 4.69) is 19.2 Å². The molecule has 3 N–H and O–H groups in total. The molecule has 0 saturated carbocycles. The van der Waals surface area contributed by atoms with Crippen molar-refractivity contribution in [2.24, 2.45) is 5.14 Å². The molecular formula is C10H18N2O2S. The highest BCUT2D eigenvalue weighted by atomic mass is 32.2. The first-order chi connectivity index (χ1) is 7.02. The summed E-state index contributed by atoms with van der Waals surface area (Å²) in [6, 6.07) is 7.89. The van der Waals surface area contributed by atoms with Gasteiger partial charge in [-0.1, -0.05) is 32.0 Å². The van der Waals surface area contributed by atoms with Crippen LogP contribution in [0, 0.1) is 0 Å². The smallest absolute Gasteiger partial charge is 0.238 e. The summed E-state index contributed by atoms with van der Waals surface area (Å²) in [5.41, 5.74) is 0. The van der Waals surface area contributed by atoms with E-state index in [1.54, 1.807) is 18.2 Å². The Morgan fingerprint density at radius 2 is 1.60 bits per heavy atom. The van der Waals surface area contributed by atoms with Crippen molar-refractivity contribution in [3.05, 3.63) is 30.3 Å². The maximum Gasteiger partial charge on any atom is 0.238 e. The van der Waals surface area contributed by atoms with E-state index in [1.807, 2.05) is 0 Å². The van der Waals surface area contributed by atoms with Crippen LogP contribution in [-0.2, 0) is 10.0 Å². The fourth-order valence-corrected chi connectivity index (χ4v) is 1.40. The number of rotatable bonds is 3. The van der Waals surface area contributed by atoms with Gasteiger partial charge in [-0.25, -0.2) is 13.6 Å². The highest BCUT2D eigenvalue weighted by Gasteiger charge is 2.03. The van der Waals surface area contributed by atoms with Crippen LogP contribution in [0.1, 0.15) is 13.8 Å². The SMILES string of the molecule is CCNCC.NS(=O)(=O)c1ccccc1. The lowest BCUT2D eigenvalue weighted by Crippen LogP contribution is -2.11. The van der Waals surface area contributed by atoms with E-state index >= 15 is 0 Å². The molecular weight excluding hydrogens is 212 g/mol. The molecule has 86 valence electrons. The fourth-order valence-electron chi connectivity index (χ4n) is 0.860. The molecule has 0 heterocycles. The first-order valence-electron chi connectivity index (χ1n) is 4.81. The molecule has 0 bridgehead atoms. The van der Waals surface area contributed by atoms with Gasteiger partial charge in [-0.15, -0.1) is 0 Å². The summed E-state index contributed by atoms with van der Waals surface area (Å²) in [5, 5.41) is 7.94. The Morgan fingerprint density at radius 3 is 1.80 bits per heavy atom. The standard InChI is InChI=1S/C6H7NO2S.C4H11N/c7-10(8,9)6-4-2-1-3-5-6;1-3-5-4-2/h1-5H,(H2,7,8,9);5H,3-4H2,1-2H3. The van der Waals surface area contributed by atoms with Crippen molar-refractivity contribution in [3.63, 3.8) is 0 Å². The van der Waals surface area contributed by atoms with Crippen LogP contribution in [0.5, 0.6) is 0 Å². The topological polar surface area (TPSA) is 72.2 Å². The molecule has 0 radical (unpaired) electrons. The second-order valence-electron chi connectivity index (χ2n) is 2.82. The minimum Gasteiger partial charge on any atom is -0.317 e. The number of nitrogens with one attached hydrogen (secondary N) is 1. The predicted octanol–water partition coefficient (Wildman–Crippen LogP) is 0.950. The van der Waals surface area contributed by atoms with Crippen LogP contribution in [0.25, 0.3) is 0 Å². The highest BCUT2D eigenvalue weighted by Crippen LogP contribution is 2.02. The zero-order valence-electron chi connectivity index (χ0n) is 9.10. The lowest BCUT2D eigenvalue weighted by molar-refractivity contribution is 0.598. The monoisotopic (exact) mass is 230 g/mol. The van der Waals surface area contributed by atoms with E-state index in [0.717, 1.165) is 13.1 Å². The van der Waals surface area contributed by atoms with Crippen molar-refractivity contribution >= 4 is 10.0 Å². The fraction of sp³-hybridized carbons (Fsp3) is 0.400. The molecule has 0 unspecified atom stereocenters. The first kappa shape index (κ1) is 14.1. The summed E-state index contributed by atoms with van der Waals surface area (Å²) >= 11 is 0. The van der Waals surface area contributed by atoms with Gasteiger partial charge in [-0.2, -0.15) is 0 Å². The molecule has 1 rings (SSSR count). The van der Waals surface area contributed by atoms with Crippen molar-refractivity contribution in [1.29, 1.82) is 0 Å². The average Bonchev–Trinajstić information content (AvgIpc) is 2.20. The van der Waals surface area contributed by atoms with Gasteiger partial charge in [0.25, 0.3) is 0 Å². The Hall–Kier alpha value is -0.910. The third-order valence-electron chi connectivity index (χ3n) is 1.57. The lowest BCUT2D eigenvalue weighted by Gasteiger charge is -1.93. The predicted molar refractivity (Wildman–Crippen MR) is 62.0 cm³/mol. The zero-order valence-corrected chi connectivity index (χ0v) is 9.92. The van der Waals surface area contributed by atoms with Gasteiger partial charge < -0.3 is 5.32 Å². The summed E-state index contributed by atoms with van der Waals surface area (Å²) in [5.74, 6) is 0. The summed E-state index contributed by atoms with van der Waals surface area (Å²) in [7, 11) is -3.50. The number of hydrogen-bond donors (Lipinski definition) is 2. The molecule has 1 aromatic rings. The first-order valence-corrected chi connectivity index (χ1v) is 6.35. The minimum atomic E-state index is -3.50. The Morgan fingerprint density at radius 1 is 1.13 bits per heavy atom. The molecule has 15 heavy (non-hydrogen) atoms. The van der Waals surface area contributed by atoms with Crippen LogP contribution >= 0.6 is 0 Å². The van der Waals surface area contributed by atoms with Crippen molar-refractivity contribution in [1.82, 2.24) is 5.32 Å². The third-order valence-corrected chi connectivity index (χ3v) is 2.50. The highest BCUT2D eigenvalue weighted by molar-refractivity contribution is 7.89. The zero-order chi connectivity index (χ0) is 11.7. The van der Waals surface area contributed by atoms with E-state index in [4.69, 9.17) is 5.14 Å². The Labute approximate surface area is 91.5 Å². The van der Waals surface area contributed by atoms with Crippen LogP contribution in [0.2, 0.25) is 0 Å².